The third-order valence-electron chi connectivity index (χ3n) is 14.2. The molecule has 3 aliphatic rings. The van der Waals surface area contributed by atoms with E-state index in [2.05, 4.69) is 134 Å². The molecule has 3 saturated heterocycles. The van der Waals surface area contributed by atoms with Crippen molar-refractivity contribution in [1.82, 2.24) is 76.4 Å². The van der Waals surface area contributed by atoms with Crippen LogP contribution in [-0.2, 0) is 14.3 Å². The molecule has 9 aromatic rings. The van der Waals surface area contributed by atoms with Gasteiger partial charge in [0.1, 0.15) is 28.3 Å². The van der Waals surface area contributed by atoms with Crippen molar-refractivity contribution in [3.05, 3.63) is 162 Å². The van der Waals surface area contributed by atoms with Crippen molar-refractivity contribution < 1.29 is 19.1 Å². The van der Waals surface area contributed by atoms with Gasteiger partial charge in [-0.15, -0.1) is 0 Å². The molecule has 3 aliphatic heterocycles. The Morgan fingerprint density at radius 3 is 1.30 bits per heavy atom. The van der Waals surface area contributed by atoms with E-state index in [1.165, 1.54) is 18.0 Å². The number of amides is 2. The Kier molecular flexibility index (Phi) is 18.7. The second-order valence-electron chi connectivity index (χ2n) is 21.2. The molecule has 456 valence electrons. The first-order chi connectivity index (χ1) is 42.2. The normalized spacial score (nSPS) is 15.2. The Balaban J connectivity index is 0.000000146. The number of aromatic nitrogens is 12. The summed E-state index contributed by atoms with van der Waals surface area (Å²) in [5.74, 6) is 5.19. The number of benzene rings is 3. The number of alkyl carbamates (subject to hydrolysis) is 1. The maximum absolute atomic E-state index is 12.3. The van der Waals surface area contributed by atoms with Gasteiger partial charge in [0.25, 0.3) is 0 Å². The number of halogens is 3. The minimum absolute atomic E-state index is 0.0785. The maximum Gasteiger partial charge on any atom is 0.407 e. The quantitative estimate of drug-likeness (QED) is 0.0454. The van der Waals surface area contributed by atoms with Crippen molar-refractivity contribution in [3.63, 3.8) is 0 Å². The lowest BCUT2D eigenvalue weighted by Gasteiger charge is -2.29. The number of carbonyl (C=O) groups excluding carboxylic acids is 2. The van der Waals surface area contributed by atoms with Crippen LogP contribution < -0.4 is 52.8 Å². The lowest BCUT2D eigenvalue weighted by molar-refractivity contribution is -0.118. The fourth-order valence-electron chi connectivity index (χ4n) is 9.68. The fraction of sp³-hybridized carbons (Fsp3) is 0.271. The van der Waals surface area contributed by atoms with Crippen LogP contribution in [0.4, 0.5) is 80.3 Å². The highest BCUT2D eigenvalue weighted by Gasteiger charge is 2.27. The van der Waals surface area contributed by atoms with Crippen molar-refractivity contribution in [3.8, 4) is 0 Å². The summed E-state index contributed by atoms with van der Waals surface area (Å²) in [6, 6.07) is 17.8. The molecular formula is C59H65Cl3N22O4. The molecule has 3 fully saturated rings. The molecule has 0 bridgehead atoms. The number of aryl methyl sites for hydroxylation is 9. The average Bonchev–Trinajstić information content (AvgIpc) is 2.42. The summed E-state index contributed by atoms with van der Waals surface area (Å²) in [5.41, 5.74) is 14.8. The first-order valence-electron chi connectivity index (χ1n) is 27.8. The number of piperazine rings is 1. The average molecular weight is 1250 g/mol. The molecule has 3 aromatic carbocycles. The summed E-state index contributed by atoms with van der Waals surface area (Å²) in [7, 11) is 0. The molecule has 0 unspecified atom stereocenters. The number of hydrogen-bond acceptors (Lipinski definition) is 21. The minimum atomic E-state index is -0.393. The number of nitrogens with zero attached hydrogens (tertiary/aromatic N) is 10. The SMILES string of the molecule is C=C1N[C@H](c2cc(C)c(Nc3ncc(Cl)c(Nc4cc(C)[nH]n4)n3)cc2C)CO1.Cc1cc(Nc2nc(Nc3cc(C)c(N4CCNCC4=O)cc3C)ncc2Cl)n[nH]1.Cc1cc(Nc2nc(Nc3cc(C)c([C@H]4COC(=O)N4)cc3C)ncc2Cl)n[nH]1. The number of carbonyl (C=O) groups is 2. The molecule has 88 heavy (non-hydrogen) atoms. The molecule has 29 heteroatoms. The van der Waals surface area contributed by atoms with E-state index in [-0.39, 0.29) is 18.0 Å². The van der Waals surface area contributed by atoms with Crippen LogP contribution in [0.2, 0.25) is 15.1 Å². The van der Waals surface area contributed by atoms with Gasteiger partial charge in [-0.2, -0.15) is 30.2 Å². The third-order valence-corrected chi connectivity index (χ3v) is 15.0. The molecule has 6 aromatic heterocycles. The second-order valence-corrected chi connectivity index (χ2v) is 22.4. The monoisotopic (exact) mass is 1250 g/mol. The summed E-state index contributed by atoms with van der Waals surface area (Å²) >= 11 is 18.7. The fourth-order valence-corrected chi connectivity index (χ4v) is 10.1. The summed E-state index contributed by atoms with van der Waals surface area (Å²) in [4.78, 5) is 51.7. The van der Waals surface area contributed by atoms with Crippen molar-refractivity contribution in [2.45, 2.75) is 74.4 Å². The number of hydrogen-bond donors (Lipinski definition) is 12. The van der Waals surface area contributed by atoms with Crippen LogP contribution in [0.5, 0.6) is 0 Å². The molecule has 0 radical (unpaired) electrons. The smallest absolute Gasteiger partial charge is 0.407 e. The van der Waals surface area contributed by atoms with Crippen LogP contribution in [0, 0.1) is 62.3 Å². The Morgan fingerprint density at radius 2 is 0.920 bits per heavy atom. The van der Waals surface area contributed by atoms with Gasteiger partial charge >= 0.3 is 6.09 Å². The highest BCUT2D eigenvalue weighted by Crippen LogP contribution is 2.35. The van der Waals surface area contributed by atoms with Gasteiger partial charge in [0.05, 0.1) is 37.2 Å². The van der Waals surface area contributed by atoms with Gasteiger partial charge in [-0.1, -0.05) is 46.9 Å². The van der Waals surface area contributed by atoms with E-state index in [9.17, 15) is 9.59 Å². The van der Waals surface area contributed by atoms with Crippen LogP contribution >= 0.6 is 34.8 Å². The molecule has 0 aliphatic carbocycles. The third kappa shape index (κ3) is 15.1. The second kappa shape index (κ2) is 26.9. The van der Waals surface area contributed by atoms with Crippen LogP contribution in [-0.4, -0.2) is 105 Å². The zero-order valence-corrected chi connectivity index (χ0v) is 51.8. The number of rotatable bonds is 15. The Morgan fingerprint density at radius 1 is 0.511 bits per heavy atom. The molecule has 12 N–H and O–H groups in total. The van der Waals surface area contributed by atoms with E-state index in [1.54, 1.807) is 6.20 Å². The minimum Gasteiger partial charge on any atom is -0.477 e. The van der Waals surface area contributed by atoms with Crippen LogP contribution in [0.3, 0.4) is 0 Å². The van der Waals surface area contributed by atoms with E-state index in [0.29, 0.717) is 100 Å². The van der Waals surface area contributed by atoms with Crippen molar-refractivity contribution in [2.24, 2.45) is 0 Å². The highest BCUT2D eigenvalue weighted by molar-refractivity contribution is 6.33. The number of nitrogens with one attached hydrogen (secondary N) is 12. The van der Waals surface area contributed by atoms with Gasteiger partial charge in [0, 0.05) is 71.1 Å². The predicted molar refractivity (Wildman–Crippen MR) is 342 cm³/mol. The lowest BCUT2D eigenvalue weighted by Crippen LogP contribution is -2.48. The molecule has 0 saturated carbocycles. The predicted octanol–water partition coefficient (Wildman–Crippen LogP) is 11.6. The van der Waals surface area contributed by atoms with Gasteiger partial charge < -0.3 is 62.2 Å². The van der Waals surface area contributed by atoms with Gasteiger partial charge in [-0.25, -0.2) is 19.7 Å². The van der Waals surface area contributed by atoms with Gasteiger partial charge in [-0.05, 0) is 138 Å². The Bertz CT molecular complexity index is 3900. The largest absolute Gasteiger partial charge is 0.477 e. The molecule has 12 rings (SSSR count). The first-order valence-corrected chi connectivity index (χ1v) is 28.9. The molecule has 2 atom stereocenters. The zero-order chi connectivity index (χ0) is 62.3. The van der Waals surface area contributed by atoms with Crippen molar-refractivity contribution >= 4 is 122 Å². The lowest BCUT2D eigenvalue weighted by atomic mass is 9.98. The topological polar surface area (TPSA) is 327 Å². The summed E-state index contributed by atoms with van der Waals surface area (Å²) in [6.07, 6.45) is 4.23. The van der Waals surface area contributed by atoms with Gasteiger partial charge in [-0.3, -0.25) is 20.1 Å². The Hall–Kier alpha value is -9.76. The van der Waals surface area contributed by atoms with Gasteiger partial charge in [0.2, 0.25) is 23.8 Å². The number of anilines is 13. The number of ether oxygens (including phenoxy) is 2. The first kappa shape index (κ1) is 61.3. The van der Waals surface area contributed by atoms with E-state index < -0.39 is 6.09 Å². The van der Waals surface area contributed by atoms with Crippen LogP contribution in [0.15, 0.2) is 85.6 Å². The zero-order valence-electron chi connectivity index (χ0n) is 49.6. The molecule has 26 nitrogen and oxygen atoms in total. The van der Waals surface area contributed by atoms with Crippen molar-refractivity contribution in [2.75, 3.05) is 69.6 Å². The molecular weight excluding hydrogens is 1190 g/mol. The molecule has 9 heterocycles. The number of H-pyrrole nitrogens is 3. The Labute approximate surface area is 521 Å². The van der Waals surface area contributed by atoms with Crippen LogP contribution in [0.25, 0.3) is 0 Å². The summed E-state index contributed by atoms with van der Waals surface area (Å²) < 4.78 is 10.5. The van der Waals surface area contributed by atoms with E-state index >= 15 is 0 Å². The highest BCUT2D eigenvalue weighted by atomic mass is 35.5. The summed E-state index contributed by atoms with van der Waals surface area (Å²) in [5, 5.41) is 50.4. The molecule has 0 spiro atoms. The van der Waals surface area contributed by atoms with Crippen molar-refractivity contribution in [1.29, 1.82) is 0 Å². The van der Waals surface area contributed by atoms with Crippen LogP contribution in [0.1, 0.15) is 73.7 Å². The maximum atomic E-state index is 12.3. The summed E-state index contributed by atoms with van der Waals surface area (Å²) in [6.45, 7) is 24.3. The van der Waals surface area contributed by atoms with E-state index in [4.69, 9.17) is 44.3 Å². The van der Waals surface area contributed by atoms with E-state index in [1.807, 2.05) is 103 Å². The van der Waals surface area contributed by atoms with E-state index in [0.717, 1.165) is 85.3 Å². The van der Waals surface area contributed by atoms with Gasteiger partial charge in [0.15, 0.2) is 40.8 Å². The standard InChI is InChI=1S/C20H23ClN8O.C20H22ClN7O.C19H20ClN7O2/c1-11-7-16(29-5-4-22-10-18(29)30)12(2)6-15(11)24-20-23-9-14(21)19(26-20)25-17-8-13(3)27-28-17;1-10-6-16(11(2)5-14(10)17-9-29-13(4)23-17)24-20-22-8-15(21)19(26-20)25-18-7-12(3)27-28-18;1-9-5-14(10(2)4-12(9)15-8-29-19(28)23-15)22-18-21-7-13(20)17(25-18)24-16-6-11(3)26-27-16/h6-9,22H,4-5,10H2,1-3H3,(H3,23,24,25,26,27,28);5-8,17,23H,4,9H2,1-3H3,(H3,22,24,25,26,27,28);4-7,15H,8H2,1-3H3,(H,23,28)(H3,21,22,24,25,26,27)/t;17-;15-/m.01/s1. The number of cyclic esters (lactones) is 1. The number of aromatic amines is 3. The molecule has 2 amide bonds.